The molecule has 0 radical (unpaired) electrons. The van der Waals surface area contributed by atoms with Crippen LogP contribution in [0.2, 0.25) is 0 Å². The van der Waals surface area contributed by atoms with Crippen molar-refractivity contribution in [3.63, 3.8) is 0 Å². The van der Waals surface area contributed by atoms with Crippen molar-refractivity contribution in [2.45, 2.75) is 19.9 Å². The Labute approximate surface area is 124 Å². The van der Waals surface area contributed by atoms with E-state index in [2.05, 4.69) is 4.98 Å². The van der Waals surface area contributed by atoms with Gasteiger partial charge in [0, 0.05) is 17.1 Å². The molecule has 0 bridgehead atoms. The Morgan fingerprint density at radius 3 is 2.58 bits per heavy atom. The molecule has 4 nitrogen and oxygen atoms in total. The first-order chi connectivity index (χ1) is 8.09. The first kappa shape index (κ1) is 17.8. The first-order valence-corrected chi connectivity index (χ1v) is 5.63. The number of carbonyl (C=O) groups excluding carboxylic acids is 1. The number of H-pyrrole nitrogens is 1. The maximum Gasteiger partial charge on any atom is 0.328 e. The molecule has 0 unspecified atom stereocenters. The van der Waals surface area contributed by atoms with Gasteiger partial charge in [-0.15, -0.1) is 24.8 Å². The van der Waals surface area contributed by atoms with Gasteiger partial charge in [-0.2, -0.15) is 0 Å². The lowest BCUT2D eigenvalue weighted by molar-refractivity contribution is -0.136. The minimum Gasteiger partial charge on any atom is -0.425 e. The SMILES string of the molecule is CC(C)[C@H](N)C(=O)Oc1cccc2[nH]ccc12.Cl.Cl. The van der Waals surface area contributed by atoms with E-state index in [4.69, 9.17) is 10.5 Å². The second kappa shape index (κ2) is 7.38. The molecule has 0 aliphatic heterocycles. The van der Waals surface area contributed by atoms with Gasteiger partial charge in [-0.1, -0.05) is 19.9 Å². The van der Waals surface area contributed by atoms with Gasteiger partial charge >= 0.3 is 5.97 Å². The number of fused-ring (bicyclic) bond motifs is 1. The lowest BCUT2D eigenvalue weighted by Gasteiger charge is -2.14. The van der Waals surface area contributed by atoms with E-state index < -0.39 is 12.0 Å². The molecule has 1 aromatic heterocycles. The highest BCUT2D eigenvalue weighted by Crippen LogP contribution is 2.24. The maximum atomic E-state index is 11.8. The van der Waals surface area contributed by atoms with Crippen LogP contribution in [0.15, 0.2) is 30.5 Å². The summed E-state index contributed by atoms with van der Waals surface area (Å²) >= 11 is 0. The predicted octanol–water partition coefficient (Wildman–Crippen LogP) is 2.90. The Hall–Kier alpha value is -1.23. The van der Waals surface area contributed by atoms with E-state index in [1.807, 2.05) is 38.2 Å². The van der Waals surface area contributed by atoms with Crippen molar-refractivity contribution in [2.75, 3.05) is 0 Å². The number of ether oxygens (including phenoxy) is 1. The molecule has 6 heteroatoms. The van der Waals surface area contributed by atoms with Crippen molar-refractivity contribution in [1.29, 1.82) is 0 Å². The van der Waals surface area contributed by atoms with Gasteiger partial charge < -0.3 is 15.5 Å². The minimum absolute atomic E-state index is 0. The van der Waals surface area contributed by atoms with E-state index in [9.17, 15) is 4.79 Å². The van der Waals surface area contributed by atoms with Gasteiger partial charge in [0.25, 0.3) is 0 Å². The van der Waals surface area contributed by atoms with Crippen LogP contribution in [-0.2, 0) is 4.79 Å². The lowest BCUT2D eigenvalue weighted by atomic mass is 10.1. The van der Waals surface area contributed by atoms with E-state index in [0.29, 0.717) is 5.75 Å². The zero-order valence-electron chi connectivity index (χ0n) is 10.8. The summed E-state index contributed by atoms with van der Waals surface area (Å²) in [7, 11) is 0. The number of carbonyl (C=O) groups is 1. The summed E-state index contributed by atoms with van der Waals surface area (Å²) in [6, 6.07) is 6.81. The van der Waals surface area contributed by atoms with E-state index in [1.165, 1.54) is 0 Å². The molecule has 0 saturated heterocycles. The van der Waals surface area contributed by atoms with Gasteiger partial charge in [0.05, 0.1) is 0 Å². The molecule has 0 spiro atoms. The molecule has 2 rings (SSSR count). The fourth-order valence-electron chi connectivity index (χ4n) is 1.59. The Balaban J connectivity index is 0.00000162. The number of nitrogens with two attached hydrogens (primary N) is 1. The molecule has 19 heavy (non-hydrogen) atoms. The van der Waals surface area contributed by atoms with Crippen LogP contribution in [0.25, 0.3) is 10.9 Å². The molecular weight excluding hydrogens is 287 g/mol. The highest BCUT2D eigenvalue weighted by molar-refractivity contribution is 5.89. The Bertz CT molecular complexity index is 540. The van der Waals surface area contributed by atoms with Crippen molar-refractivity contribution < 1.29 is 9.53 Å². The van der Waals surface area contributed by atoms with Crippen LogP contribution in [0.3, 0.4) is 0 Å². The van der Waals surface area contributed by atoms with Crippen LogP contribution in [-0.4, -0.2) is 17.0 Å². The van der Waals surface area contributed by atoms with Gasteiger partial charge in [-0.3, -0.25) is 0 Å². The highest BCUT2D eigenvalue weighted by atomic mass is 35.5. The molecular formula is C13H18Cl2N2O2. The number of nitrogens with one attached hydrogen (secondary N) is 1. The maximum absolute atomic E-state index is 11.8. The van der Waals surface area contributed by atoms with Crippen LogP contribution < -0.4 is 10.5 Å². The summed E-state index contributed by atoms with van der Waals surface area (Å²) in [5.41, 5.74) is 6.68. The standard InChI is InChI=1S/C13H16N2O2.2ClH/c1-8(2)12(14)13(16)17-11-5-3-4-10-9(11)6-7-15-10;;/h3-8,12,15H,14H2,1-2H3;2*1H/t12-;;/m0../s1. The van der Waals surface area contributed by atoms with Crippen molar-refractivity contribution in [3.8, 4) is 5.75 Å². The third-order valence-electron chi connectivity index (χ3n) is 2.76. The molecule has 0 aliphatic carbocycles. The predicted molar refractivity (Wildman–Crippen MR) is 81.2 cm³/mol. The van der Waals surface area contributed by atoms with Crippen molar-refractivity contribution in [1.82, 2.24) is 4.98 Å². The molecule has 0 aliphatic rings. The fourth-order valence-corrected chi connectivity index (χ4v) is 1.59. The van der Waals surface area contributed by atoms with Crippen LogP contribution in [0.1, 0.15) is 13.8 Å². The third-order valence-corrected chi connectivity index (χ3v) is 2.76. The molecule has 0 fully saturated rings. The zero-order valence-corrected chi connectivity index (χ0v) is 12.4. The van der Waals surface area contributed by atoms with Gasteiger partial charge in [0.2, 0.25) is 0 Å². The van der Waals surface area contributed by atoms with E-state index in [-0.39, 0.29) is 30.7 Å². The van der Waals surface area contributed by atoms with E-state index in [0.717, 1.165) is 10.9 Å². The number of halogens is 2. The number of rotatable bonds is 3. The van der Waals surface area contributed by atoms with E-state index >= 15 is 0 Å². The first-order valence-electron chi connectivity index (χ1n) is 5.63. The summed E-state index contributed by atoms with van der Waals surface area (Å²) in [6.07, 6.45) is 1.81. The number of hydrogen-bond acceptors (Lipinski definition) is 3. The molecule has 0 saturated carbocycles. The summed E-state index contributed by atoms with van der Waals surface area (Å²) in [4.78, 5) is 14.8. The van der Waals surface area contributed by atoms with Crippen LogP contribution in [0, 0.1) is 5.92 Å². The number of hydrogen-bond donors (Lipinski definition) is 2. The topological polar surface area (TPSA) is 68.1 Å². The second-order valence-corrected chi connectivity index (χ2v) is 4.39. The van der Waals surface area contributed by atoms with Crippen molar-refractivity contribution >= 4 is 41.7 Å². The monoisotopic (exact) mass is 304 g/mol. The summed E-state index contributed by atoms with van der Waals surface area (Å²) in [6.45, 7) is 3.78. The smallest absolute Gasteiger partial charge is 0.328 e. The van der Waals surface area contributed by atoms with Crippen LogP contribution >= 0.6 is 24.8 Å². The van der Waals surface area contributed by atoms with Crippen LogP contribution in [0.4, 0.5) is 0 Å². The molecule has 1 aromatic carbocycles. The Morgan fingerprint density at radius 2 is 1.95 bits per heavy atom. The molecule has 3 N–H and O–H groups in total. The number of benzene rings is 1. The lowest BCUT2D eigenvalue weighted by Crippen LogP contribution is -2.38. The largest absolute Gasteiger partial charge is 0.425 e. The number of aromatic nitrogens is 1. The van der Waals surface area contributed by atoms with Gasteiger partial charge in [-0.25, -0.2) is 4.79 Å². The molecule has 106 valence electrons. The van der Waals surface area contributed by atoms with Gasteiger partial charge in [0.1, 0.15) is 11.8 Å². The highest BCUT2D eigenvalue weighted by Gasteiger charge is 2.20. The average molecular weight is 305 g/mol. The van der Waals surface area contributed by atoms with Crippen molar-refractivity contribution in [2.24, 2.45) is 11.7 Å². The molecule has 0 amide bonds. The van der Waals surface area contributed by atoms with E-state index in [1.54, 1.807) is 6.07 Å². The van der Waals surface area contributed by atoms with Crippen LogP contribution in [0.5, 0.6) is 5.75 Å². The van der Waals surface area contributed by atoms with Crippen molar-refractivity contribution in [3.05, 3.63) is 30.5 Å². The number of aromatic amines is 1. The zero-order chi connectivity index (χ0) is 12.4. The molecule has 1 heterocycles. The summed E-state index contributed by atoms with van der Waals surface area (Å²) in [5.74, 6) is 0.214. The minimum atomic E-state index is -0.593. The van der Waals surface area contributed by atoms with Gasteiger partial charge in [0.15, 0.2) is 0 Å². The summed E-state index contributed by atoms with van der Waals surface area (Å²) < 4.78 is 5.33. The number of esters is 1. The molecule has 2 aromatic rings. The molecule has 1 atom stereocenters. The normalized spacial score (nSPS) is 11.6. The van der Waals surface area contributed by atoms with Gasteiger partial charge in [-0.05, 0) is 24.1 Å². The Morgan fingerprint density at radius 1 is 1.26 bits per heavy atom. The summed E-state index contributed by atoms with van der Waals surface area (Å²) in [5, 5.41) is 0.886. The second-order valence-electron chi connectivity index (χ2n) is 4.39. The average Bonchev–Trinajstić information content (AvgIpc) is 2.76. The third kappa shape index (κ3) is 3.86. The quantitative estimate of drug-likeness (QED) is 0.677. The fraction of sp³-hybridized carbons (Fsp3) is 0.308. The Kier molecular flexibility index (Phi) is 6.90.